The van der Waals surface area contributed by atoms with Crippen molar-refractivity contribution in [3.05, 3.63) is 55.7 Å². The number of rotatable bonds is 3. The van der Waals surface area contributed by atoms with Crippen molar-refractivity contribution in [2.75, 3.05) is 31.2 Å². The van der Waals surface area contributed by atoms with E-state index < -0.39 is 5.69 Å². The zero-order chi connectivity index (χ0) is 19.1. The number of nitrogens with zero attached hydrogens (tertiary/aromatic N) is 5. The van der Waals surface area contributed by atoms with Crippen LogP contribution in [0.1, 0.15) is 5.56 Å². The van der Waals surface area contributed by atoms with E-state index in [1.165, 1.54) is 11.6 Å². The highest BCUT2D eigenvalue weighted by atomic mass is 35.5. The number of aromatic nitrogens is 4. The minimum atomic E-state index is -0.395. The second-order valence-electron chi connectivity index (χ2n) is 6.61. The minimum Gasteiger partial charge on any atom is -0.378 e. The van der Waals surface area contributed by atoms with E-state index in [1.54, 1.807) is 7.05 Å². The van der Waals surface area contributed by atoms with Gasteiger partial charge in [-0.3, -0.25) is 18.5 Å². The van der Waals surface area contributed by atoms with Gasteiger partial charge < -0.3 is 9.64 Å². The van der Waals surface area contributed by atoms with E-state index in [4.69, 9.17) is 16.3 Å². The Morgan fingerprint density at radius 1 is 1.15 bits per heavy atom. The molecule has 2 aromatic heterocycles. The van der Waals surface area contributed by atoms with Crippen LogP contribution in [-0.4, -0.2) is 45.0 Å². The van der Waals surface area contributed by atoms with Crippen LogP contribution in [-0.2, 0) is 25.4 Å². The van der Waals surface area contributed by atoms with Crippen molar-refractivity contribution < 1.29 is 4.74 Å². The lowest BCUT2D eigenvalue weighted by Crippen LogP contribution is -2.38. The Hall–Kier alpha value is -2.58. The molecule has 142 valence electrons. The average Bonchev–Trinajstić information content (AvgIpc) is 3.05. The molecular weight excluding hydrogens is 370 g/mol. The van der Waals surface area contributed by atoms with Gasteiger partial charge in [0, 0.05) is 32.2 Å². The second kappa shape index (κ2) is 6.86. The Balaban J connectivity index is 1.97. The Morgan fingerprint density at radius 3 is 2.59 bits per heavy atom. The molecule has 1 saturated heterocycles. The number of benzene rings is 1. The van der Waals surface area contributed by atoms with Gasteiger partial charge in [0.2, 0.25) is 5.95 Å². The monoisotopic (exact) mass is 389 g/mol. The molecule has 1 aliphatic rings. The predicted molar refractivity (Wildman–Crippen MR) is 104 cm³/mol. The van der Waals surface area contributed by atoms with Crippen LogP contribution in [0.15, 0.2) is 33.9 Å². The number of fused-ring (bicyclic) bond motifs is 1. The molecule has 8 nitrogen and oxygen atoms in total. The van der Waals surface area contributed by atoms with Crippen molar-refractivity contribution in [2.45, 2.75) is 6.54 Å². The number of hydrogen-bond donors (Lipinski definition) is 0. The van der Waals surface area contributed by atoms with E-state index in [-0.39, 0.29) is 5.56 Å². The van der Waals surface area contributed by atoms with Crippen molar-refractivity contribution >= 4 is 28.7 Å². The van der Waals surface area contributed by atoms with Gasteiger partial charge in [0.1, 0.15) is 0 Å². The SMILES string of the molecule is Cn1c(=O)c2c(nc(N3CCOCC3)n2Cc2cccc(Cl)c2)n(C)c1=O. The summed E-state index contributed by atoms with van der Waals surface area (Å²) in [5.41, 5.74) is 0.982. The molecule has 0 amide bonds. The predicted octanol–water partition coefficient (Wildman–Crippen LogP) is 0.972. The molecule has 0 bridgehead atoms. The molecule has 3 aromatic rings. The zero-order valence-corrected chi connectivity index (χ0v) is 15.9. The number of hydrogen-bond acceptors (Lipinski definition) is 5. The first-order chi connectivity index (χ1) is 13.0. The molecule has 1 aliphatic heterocycles. The highest BCUT2D eigenvalue weighted by Gasteiger charge is 2.24. The molecule has 27 heavy (non-hydrogen) atoms. The lowest BCUT2D eigenvalue weighted by Gasteiger charge is -2.28. The number of imidazole rings is 1. The number of anilines is 1. The number of ether oxygens (including phenoxy) is 1. The maximum Gasteiger partial charge on any atom is 0.332 e. The largest absolute Gasteiger partial charge is 0.378 e. The fourth-order valence-electron chi connectivity index (χ4n) is 3.41. The molecule has 0 radical (unpaired) electrons. The summed E-state index contributed by atoms with van der Waals surface area (Å²) in [6.07, 6.45) is 0. The van der Waals surface area contributed by atoms with Gasteiger partial charge in [0.15, 0.2) is 11.2 Å². The van der Waals surface area contributed by atoms with Crippen LogP contribution in [0.2, 0.25) is 5.02 Å². The Bertz CT molecular complexity index is 1120. The molecule has 9 heteroatoms. The maximum atomic E-state index is 12.9. The van der Waals surface area contributed by atoms with E-state index in [9.17, 15) is 9.59 Å². The van der Waals surface area contributed by atoms with E-state index >= 15 is 0 Å². The summed E-state index contributed by atoms with van der Waals surface area (Å²) in [5, 5.41) is 0.630. The standard InChI is InChI=1S/C18H20ClN5O3/c1-21-15-14(16(25)22(2)18(21)26)24(11-12-4-3-5-13(19)10-12)17(20-15)23-6-8-27-9-7-23/h3-5,10H,6-9,11H2,1-2H3. The van der Waals surface area contributed by atoms with E-state index in [1.807, 2.05) is 28.8 Å². The molecule has 4 rings (SSSR count). The van der Waals surface area contributed by atoms with Crippen molar-refractivity contribution in [1.82, 2.24) is 18.7 Å². The topological polar surface area (TPSA) is 74.3 Å². The first kappa shape index (κ1) is 17.8. The van der Waals surface area contributed by atoms with E-state index in [0.29, 0.717) is 55.0 Å². The highest BCUT2D eigenvalue weighted by Crippen LogP contribution is 2.23. The van der Waals surface area contributed by atoms with Gasteiger partial charge in [0.25, 0.3) is 5.56 Å². The summed E-state index contributed by atoms with van der Waals surface area (Å²) in [4.78, 5) is 32.0. The van der Waals surface area contributed by atoms with Crippen LogP contribution in [0.5, 0.6) is 0 Å². The number of aryl methyl sites for hydroxylation is 1. The quantitative estimate of drug-likeness (QED) is 0.667. The minimum absolute atomic E-state index is 0.359. The maximum absolute atomic E-state index is 12.9. The van der Waals surface area contributed by atoms with Gasteiger partial charge in [-0.15, -0.1) is 0 Å². The first-order valence-electron chi connectivity index (χ1n) is 8.71. The van der Waals surface area contributed by atoms with Crippen molar-refractivity contribution in [3.63, 3.8) is 0 Å². The highest BCUT2D eigenvalue weighted by molar-refractivity contribution is 6.30. The summed E-state index contributed by atoms with van der Waals surface area (Å²) in [5.74, 6) is 0.659. The summed E-state index contributed by atoms with van der Waals surface area (Å²) in [7, 11) is 3.11. The van der Waals surface area contributed by atoms with Crippen LogP contribution < -0.4 is 16.1 Å². The molecule has 1 aromatic carbocycles. The third kappa shape index (κ3) is 3.04. The van der Waals surface area contributed by atoms with Gasteiger partial charge in [-0.05, 0) is 17.7 Å². The van der Waals surface area contributed by atoms with Gasteiger partial charge in [-0.1, -0.05) is 23.7 Å². The normalized spacial score (nSPS) is 14.9. The van der Waals surface area contributed by atoms with Gasteiger partial charge in [-0.2, -0.15) is 4.98 Å². The van der Waals surface area contributed by atoms with Crippen LogP contribution in [0.3, 0.4) is 0 Å². The molecular formula is C18H20ClN5O3. The average molecular weight is 390 g/mol. The molecule has 0 atom stereocenters. The van der Waals surface area contributed by atoms with Crippen molar-refractivity contribution in [3.8, 4) is 0 Å². The van der Waals surface area contributed by atoms with Crippen LogP contribution in [0, 0.1) is 0 Å². The van der Waals surface area contributed by atoms with Crippen LogP contribution in [0.4, 0.5) is 5.95 Å². The Labute approximate surface area is 160 Å². The summed E-state index contributed by atoms with van der Waals surface area (Å²) in [6.45, 7) is 2.96. The molecule has 1 fully saturated rings. The zero-order valence-electron chi connectivity index (χ0n) is 15.2. The number of halogens is 1. The third-order valence-corrected chi connectivity index (χ3v) is 5.09. The van der Waals surface area contributed by atoms with Crippen molar-refractivity contribution in [1.29, 1.82) is 0 Å². The second-order valence-corrected chi connectivity index (χ2v) is 7.04. The molecule has 3 heterocycles. The van der Waals surface area contributed by atoms with Gasteiger partial charge >= 0.3 is 5.69 Å². The lowest BCUT2D eigenvalue weighted by atomic mass is 10.2. The molecule has 0 spiro atoms. The fourth-order valence-corrected chi connectivity index (χ4v) is 3.62. The lowest BCUT2D eigenvalue weighted by molar-refractivity contribution is 0.121. The Kier molecular flexibility index (Phi) is 4.53. The third-order valence-electron chi connectivity index (χ3n) is 4.85. The fraction of sp³-hybridized carbons (Fsp3) is 0.389. The molecule has 0 unspecified atom stereocenters. The molecule has 0 aliphatic carbocycles. The van der Waals surface area contributed by atoms with E-state index in [2.05, 4.69) is 9.88 Å². The van der Waals surface area contributed by atoms with E-state index in [0.717, 1.165) is 10.1 Å². The van der Waals surface area contributed by atoms with Crippen LogP contribution >= 0.6 is 11.6 Å². The van der Waals surface area contributed by atoms with Gasteiger partial charge in [-0.25, -0.2) is 4.79 Å². The molecule has 0 N–H and O–H groups in total. The Morgan fingerprint density at radius 2 is 1.89 bits per heavy atom. The molecule has 0 saturated carbocycles. The first-order valence-corrected chi connectivity index (χ1v) is 9.08. The van der Waals surface area contributed by atoms with Gasteiger partial charge in [0.05, 0.1) is 19.8 Å². The summed E-state index contributed by atoms with van der Waals surface area (Å²) in [6, 6.07) is 7.50. The number of morpholine rings is 1. The summed E-state index contributed by atoms with van der Waals surface area (Å²) >= 11 is 6.13. The smallest absolute Gasteiger partial charge is 0.332 e. The summed E-state index contributed by atoms with van der Waals surface area (Å²) < 4.78 is 9.83. The van der Waals surface area contributed by atoms with Crippen LogP contribution in [0.25, 0.3) is 11.2 Å². The van der Waals surface area contributed by atoms with Crippen molar-refractivity contribution in [2.24, 2.45) is 14.1 Å².